The number of aryl methyl sites for hydroxylation is 1. The number of amidine groups is 1. The lowest BCUT2D eigenvalue weighted by Gasteiger charge is -2.19. The molecule has 0 bridgehead atoms. The molecule has 0 aliphatic heterocycles. The zero-order valence-corrected chi connectivity index (χ0v) is 13.0. The second kappa shape index (κ2) is 7.19. The Morgan fingerprint density at radius 1 is 1.43 bits per heavy atom. The fourth-order valence-corrected chi connectivity index (χ4v) is 2.93. The first-order valence-corrected chi connectivity index (χ1v) is 7.67. The number of oxime groups is 1. The van der Waals surface area contributed by atoms with Gasteiger partial charge in [0.1, 0.15) is 10.8 Å². The smallest absolute Gasteiger partial charge is 0.147 e. The summed E-state index contributed by atoms with van der Waals surface area (Å²) in [5, 5.41) is 18.6. The molecule has 0 saturated heterocycles. The Balaban J connectivity index is 2.06. The lowest BCUT2D eigenvalue weighted by molar-refractivity contribution is 0.315. The summed E-state index contributed by atoms with van der Waals surface area (Å²) >= 11 is 1.63. The van der Waals surface area contributed by atoms with Crippen LogP contribution in [0.5, 0.6) is 0 Å². The normalized spacial score (nSPS) is 14.9. The summed E-state index contributed by atoms with van der Waals surface area (Å²) in [6.07, 6.45) is 0. The van der Waals surface area contributed by atoms with E-state index in [4.69, 9.17) is 10.9 Å². The lowest BCUT2D eigenvalue weighted by atomic mass is 9.98. The standard InChI is InChI=1S/C15H20N4OS/c1-10-9-21-15(18-10)11(2)17-8-13(14(16)19-20)12-6-4-3-5-7-12/h3-7,9,11,13,17,20H,8H2,1-2H3,(H2,16,19). The van der Waals surface area contributed by atoms with E-state index in [0.29, 0.717) is 6.54 Å². The number of nitrogens with two attached hydrogens (primary N) is 1. The van der Waals surface area contributed by atoms with Crippen molar-refractivity contribution in [1.29, 1.82) is 0 Å². The van der Waals surface area contributed by atoms with Crippen LogP contribution in [0.2, 0.25) is 0 Å². The molecule has 6 heteroatoms. The van der Waals surface area contributed by atoms with Crippen LogP contribution in [0.1, 0.15) is 35.1 Å². The average Bonchev–Trinajstić information content (AvgIpc) is 2.94. The van der Waals surface area contributed by atoms with Crippen LogP contribution >= 0.6 is 11.3 Å². The molecule has 2 atom stereocenters. The highest BCUT2D eigenvalue weighted by Crippen LogP contribution is 2.20. The third kappa shape index (κ3) is 4.03. The van der Waals surface area contributed by atoms with Gasteiger partial charge in [-0.05, 0) is 19.4 Å². The minimum absolute atomic E-state index is 0.126. The number of aromatic nitrogens is 1. The second-order valence-corrected chi connectivity index (χ2v) is 5.83. The number of hydrogen-bond donors (Lipinski definition) is 3. The zero-order chi connectivity index (χ0) is 15.2. The Morgan fingerprint density at radius 2 is 2.14 bits per heavy atom. The molecule has 0 aliphatic carbocycles. The molecule has 2 unspecified atom stereocenters. The Labute approximate surface area is 128 Å². The molecule has 0 radical (unpaired) electrons. The van der Waals surface area contributed by atoms with E-state index in [1.165, 1.54) is 0 Å². The summed E-state index contributed by atoms with van der Waals surface area (Å²) in [5.74, 6) is 0.0379. The number of nitrogens with zero attached hydrogens (tertiary/aromatic N) is 2. The Morgan fingerprint density at radius 3 is 2.71 bits per heavy atom. The van der Waals surface area contributed by atoms with Crippen molar-refractivity contribution in [3.8, 4) is 0 Å². The summed E-state index contributed by atoms with van der Waals surface area (Å²) in [6, 6.07) is 9.91. The van der Waals surface area contributed by atoms with Gasteiger partial charge in [0, 0.05) is 17.6 Å². The van der Waals surface area contributed by atoms with Gasteiger partial charge in [-0.2, -0.15) is 0 Å². The van der Waals surface area contributed by atoms with E-state index in [-0.39, 0.29) is 17.8 Å². The average molecular weight is 304 g/mol. The van der Waals surface area contributed by atoms with Crippen LogP contribution in [0.15, 0.2) is 40.9 Å². The van der Waals surface area contributed by atoms with Crippen LogP contribution in [0.3, 0.4) is 0 Å². The Kier molecular flexibility index (Phi) is 5.30. The van der Waals surface area contributed by atoms with Gasteiger partial charge in [0.25, 0.3) is 0 Å². The minimum Gasteiger partial charge on any atom is -0.409 e. The molecular weight excluding hydrogens is 284 g/mol. The molecule has 1 heterocycles. The molecule has 0 amide bonds. The lowest BCUT2D eigenvalue weighted by Crippen LogP contribution is -2.33. The van der Waals surface area contributed by atoms with Gasteiger partial charge in [0.15, 0.2) is 0 Å². The van der Waals surface area contributed by atoms with E-state index in [0.717, 1.165) is 16.3 Å². The molecule has 0 fully saturated rings. The van der Waals surface area contributed by atoms with E-state index in [2.05, 4.69) is 22.4 Å². The van der Waals surface area contributed by atoms with Crippen molar-refractivity contribution in [2.75, 3.05) is 6.54 Å². The quantitative estimate of drug-likeness (QED) is 0.331. The molecule has 2 rings (SSSR count). The molecule has 112 valence electrons. The fourth-order valence-electron chi connectivity index (χ4n) is 2.10. The van der Waals surface area contributed by atoms with Crippen molar-refractivity contribution >= 4 is 17.2 Å². The largest absolute Gasteiger partial charge is 0.409 e. The first-order chi connectivity index (χ1) is 10.1. The molecule has 0 saturated carbocycles. The van der Waals surface area contributed by atoms with Crippen LogP contribution in [0.4, 0.5) is 0 Å². The predicted molar refractivity (Wildman–Crippen MR) is 85.9 cm³/mol. The Bertz CT molecular complexity index is 597. The number of hydrogen-bond acceptors (Lipinski definition) is 5. The first kappa shape index (κ1) is 15.5. The van der Waals surface area contributed by atoms with Crippen LogP contribution in [-0.4, -0.2) is 22.6 Å². The van der Waals surface area contributed by atoms with Gasteiger partial charge in [-0.25, -0.2) is 4.98 Å². The van der Waals surface area contributed by atoms with E-state index < -0.39 is 0 Å². The summed E-state index contributed by atoms with van der Waals surface area (Å²) in [7, 11) is 0. The topological polar surface area (TPSA) is 83.5 Å². The van der Waals surface area contributed by atoms with Gasteiger partial charge in [0.05, 0.1) is 12.0 Å². The highest BCUT2D eigenvalue weighted by molar-refractivity contribution is 7.09. The second-order valence-electron chi connectivity index (χ2n) is 4.95. The van der Waals surface area contributed by atoms with Crippen LogP contribution < -0.4 is 11.1 Å². The zero-order valence-electron chi connectivity index (χ0n) is 12.2. The van der Waals surface area contributed by atoms with Crippen molar-refractivity contribution in [2.24, 2.45) is 10.9 Å². The van der Waals surface area contributed by atoms with Crippen molar-refractivity contribution < 1.29 is 5.21 Å². The number of benzene rings is 1. The van der Waals surface area contributed by atoms with E-state index in [1.54, 1.807) is 11.3 Å². The van der Waals surface area contributed by atoms with Crippen molar-refractivity contribution in [1.82, 2.24) is 10.3 Å². The van der Waals surface area contributed by atoms with Gasteiger partial charge in [0.2, 0.25) is 0 Å². The number of thiazole rings is 1. The van der Waals surface area contributed by atoms with Gasteiger partial charge in [-0.15, -0.1) is 11.3 Å². The molecule has 2 aromatic rings. The van der Waals surface area contributed by atoms with Crippen LogP contribution in [0, 0.1) is 6.92 Å². The first-order valence-electron chi connectivity index (χ1n) is 6.79. The molecular formula is C15H20N4OS. The van der Waals surface area contributed by atoms with Gasteiger partial charge in [-0.1, -0.05) is 35.5 Å². The third-order valence-corrected chi connectivity index (χ3v) is 4.46. The molecule has 1 aromatic carbocycles. The highest BCUT2D eigenvalue weighted by Gasteiger charge is 2.18. The van der Waals surface area contributed by atoms with Crippen molar-refractivity contribution in [3.63, 3.8) is 0 Å². The summed E-state index contributed by atoms with van der Waals surface area (Å²) in [5.41, 5.74) is 7.87. The van der Waals surface area contributed by atoms with E-state index in [1.807, 2.05) is 42.6 Å². The number of rotatable bonds is 6. The molecule has 5 nitrogen and oxygen atoms in total. The van der Waals surface area contributed by atoms with Crippen molar-refractivity contribution in [3.05, 3.63) is 52.0 Å². The van der Waals surface area contributed by atoms with Gasteiger partial charge >= 0.3 is 0 Å². The minimum atomic E-state index is -0.167. The molecule has 0 spiro atoms. The third-order valence-electron chi connectivity index (χ3n) is 3.31. The monoisotopic (exact) mass is 304 g/mol. The SMILES string of the molecule is Cc1csc(C(C)NCC(C(N)=NO)c2ccccc2)n1. The summed E-state index contributed by atoms with van der Waals surface area (Å²) in [4.78, 5) is 4.47. The summed E-state index contributed by atoms with van der Waals surface area (Å²) in [6.45, 7) is 4.63. The van der Waals surface area contributed by atoms with E-state index >= 15 is 0 Å². The maximum Gasteiger partial charge on any atom is 0.147 e. The van der Waals surface area contributed by atoms with Gasteiger partial charge < -0.3 is 16.3 Å². The fraction of sp³-hybridized carbons (Fsp3) is 0.333. The van der Waals surface area contributed by atoms with Crippen LogP contribution in [0.25, 0.3) is 0 Å². The predicted octanol–water partition coefficient (Wildman–Crippen LogP) is 2.63. The van der Waals surface area contributed by atoms with E-state index in [9.17, 15) is 0 Å². The van der Waals surface area contributed by atoms with Gasteiger partial charge in [-0.3, -0.25) is 0 Å². The highest BCUT2D eigenvalue weighted by atomic mass is 32.1. The van der Waals surface area contributed by atoms with Crippen molar-refractivity contribution in [2.45, 2.75) is 25.8 Å². The molecule has 1 aromatic heterocycles. The Hall–Kier alpha value is -1.92. The molecule has 21 heavy (non-hydrogen) atoms. The maximum absolute atomic E-state index is 8.98. The van der Waals surface area contributed by atoms with Crippen LogP contribution in [-0.2, 0) is 0 Å². The summed E-state index contributed by atoms with van der Waals surface area (Å²) < 4.78 is 0. The maximum atomic E-state index is 8.98. The number of nitrogens with one attached hydrogen (secondary N) is 1. The molecule has 4 N–H and O–H groups in total. The molecule has 0 aliphatic rings.